The molecule has 0 amide bonds. The first-order valence-corrected chi connectivity index (χ1v) is 5.52. The number of nitrogens with two attached hydrogens (primary N) is 1. The van der Waals surface area contributed by atoms with Crippen molar-refractivity contribution in [3.63, 3.8) is 0 Å². The second kappa shape index (κ2) is 4.03. The summed E-state index contributed by atoms with van der Waals surface area (Å²) >= 11 is 0. The highest BCUT2D eigenvalue weighted by Crippen LogP contribution is 2.23. The van der Waals surface area contributed by atoms with Crippen molar-refractivity contribution in [3.05, 3.63) is 42.6 Å². The maximum atomic E-state index is 5.65. The van der Waals surface area contributed by atoms with Gasteiger partial charge in [0.1, 0.15) is 11.6 Å². The number of nitrogens with zero attached hydrogens (tertiary/aromatic N) is 3. The average Bonchev–Trinajstić information content (AvgIpc) is 2.81. The Morgan fingerprint density at radius 1 is 1.22 bits per heavy atom. The van der Waals surface area contributed by atoms with E-state index in [1.165, 1.54) is 0 Å². The molecule has 3 rings (SSSR count). The van der Waals surface area contributed by atoms with Gasteiger partial charge in [-0.05, 0) is 18.2 Å². The summed E-state index contributed by atoms with van der Waals surface area (Å²) in [6.45, 7) is 0. The monoisotopic (exact) mass is 240 g/mol. The molecule has 3 aromatic rings. The van der Waals surface area contributed by atoms with E-state index in [1.54, 1.807) is 23.9 Å². The van der Waals surface area contributed by atoms with Crippen LogP contribution >= 0.6 is 0 Å². The molecule has 0 saturated carbocycles. The van der Waals surface area contributed by atoms with Crippen LogP contribution in [0.25, 0.3) is 16.9 Å². The summed E-state index contributed by atoms with van der Waals surface area (Å²) in [5.74, 6) is 1.29. The first kappa shape index (κ1) is 10.6. The van der Waals surface area contributed by atoms with E-state index in [1.807, 2.05) is 30.3 Å². The topological polar surface area (TPSA) is 65.4 Å². The summed E-state index contributed by atoms with van der Waals surface area (Å²) < 4.78 is 6.90. The third-order valence-electron chi connectivity index (χ3n) is 2.71. The number of nitrogen functional groups attached to an aromatic ring is 1. The molecule has 0 aliphatic carbocycles. The Kier molecular flexibility index (Phi) is 2.37. The molecule has 2 aromatic heterocycles. The fourth-order valence-corrected chi connectivity index (χ4v) is 1.82. The van der Waals surface area contributed by atoms with Crippen LogP contribution in [0.3, 0.4) is 0 Å². The molecule has 5 heteroatoms. The normalized spacial score (nSPS) is 10.7. The minimum Gasteiger partial charge on any atom is -0.497 e. The zero-order chi connectivity index (χ0) is 12.5. The fraction of sp³-hybridized carbons (Fsp3) is 0.0769. The number of ether oxygens (including phenoxy) is 1. The minimum absolute atomic E-state index is 0.486. The van der Waals surface area contributed by atoms with Crippen LogP contribution in [-0.4, -0.2) is 21.7 Å². The Morgan fingerprint density at radius 3 is 2.94 bits per heavy atom. The summed E-state index contributed by atoms with van der Waals surface area (Å²) in [6, 6.07) is 11.4. The number of hydrogen-bond acceptors (Lipinski definition) is 4. The zero-order valence-corrected chi connectivity index (χ0v) is 9.87. The van der Waals surface area contributed by atoms with E-state index < -0.39 is 0 Å². The van der Waals surface area contributed by atoms with Gasteiger partial charge in [0, 0.05) is 17.8 Å². The van der Waals surface area contributed by atoms with Gasteiger partial charge in [-0.1, -0.05) is 12.1 Å². The second-order valence-corrected chi connectivity index (χ2v) is 3.92. The molecule has 0 radical (unpaired) electrons. The predicted molar refractivity (Wildman–Crippen MR) is 69.4 cm³/mol. The molecule has 90 valence electrons. The van der Waals surface area contributed by atoms with Gasteiger partial charge in [0.05, 0.1) is 12.8 Å². The van der Waals surface area contributed by atoms with Gasteiger partial charge < -0.3 is 10.5 Å². The predicted octanol–water partition coefficient (Wildman–Crippen LogP) is 1.99. The number of methoxy groups -OCH3 is 1. The SMILES string of the molecule is COc1cccc(-c2cc3nc(N)ccn3n2)c1. The lowest BCUT2D eigenvalue weighted by Gasteiger charge is -2.00. The van der Waals surface area contributed by atoms with Crippen LogP contribution in [0.1, 0.15) is 0 Å². The third-order valence-corrected chi connectivity index (χ3v) is 2.71. The van der Waals surface area contributed by atoms with E-state index >= 15 is 0 Å². The lowest BCUT2D eigenvalue weighted by molar-refractivity contribution is 0.415. The molecule has 5 nitrogen and oxygen atoms in total. The average molecular weight is 240 g/mol. The van der Waals surface area contributed by atoms with Crippen molar-refractivity contribution in [2.24, 2.45) is 0 Å². The summed E-state index contributed by atoms with van der Waals surface area (Å²) in [6.07, 6.45) is 1.79. The lowest BCUT2D eigenvalue weighted by atomic mass is 10.1. The molecular formula is C13H12N4O. The number of anilines is 1. The van der Waals surface area contributed by atoms with Gasteiger partial charge in [-0.15, -0.1) is 0 Å². The van der Waals surface area contributed by atoms with Crippen LogP contribution in [-0.2, 0) is 0 Å². The van der Waals surface area contributed by atoms with Gasteiger partial charge in [-0.25, -0.2) is 9.50 Å². The fourth-order valence-electron chi connectivity index (χ4n) is 1.82. The highest BCUT2D eigenvalue weighted by molar-refractivity contribution is 5.65. The van der Waals surface area contributed by atoms with Gasteiger partial charge >= 0.3 is 0 Å². The van der Waals surface area contributed by atoms with E-state index in [-0.39, 0.29) is 0 Å². The van der Waals surface area contributed by atoms with Gasteiger partial charge in [0.2, 0.25) is 0 Å². The Labute approximate surface area is 104 Å². The van der Waals surface area contributed by atoms with Crippen molar-refractivity contribution >= 4 is 11.5 Å². The third kappa shape index (κ3) is 1.75. The standard InChI is InChI=1S/C13H12N4O/c1-18-10-4-2-3-9(7-10)11-8-13-15-12(14)5-6-17(13)16-11/h2-8H,1H3,(H2,14,15). The van der Waals surface area contributed by atoms with Crippen molar-refractivity contribution in [2.45, 2.75) is 0 Å². The van der Waals surface area contributed by atoms with Crippen LogP contribution < -0.4 is 10.5 Å². The summed E-state index contributed by atoms with van der Waals surface area (Å²) in [5, 5.41) is 4.44. The Hall–Kier alpha value is -2.56. The van der Waals surface area contributed by atoms with Crippen LogP contribution in [0.4, 0.5) is 5.82 Å². The van der Waals surface area contributed by atoms with Crippen LogP contribution in [0.15, 0.2) is 42.6 Å². The highest BCUT2D eigenvalue weighted by Gasteiger charge is 2.06. The van der Waals surface area contributed by atoms with E-state index in [2.05, 4.69) is 10.1 Å². The van der Waals surface area contributed by atoms with Crippen molar-refractivity contribution in [2.75, 3.05) is 12.8 Å². The zero-order valence-electron chi connectivity index (χ0n) is 9.87. The molecule has 0 fully saturated rings. The first-order chi connectivity index (χ1) is 8.76. The van der Waals surface area contributed by atoms with Crippen LogP contribution in [0.5, 0.6) is 5.75 Å². The Bertz CT molecular complexity index is 705. The molecule has 0 spiro atoms. The molecule has 0 unspecified atom stereocenters. The molecule has 0 saturated heterocycles. The number of hydrogen-bond donors (Lipinski definition) is 1. The largest absolute Gasteiger partial charge is 0.497 e. The molecule has 18 heavy (non-hydrogen) atoms. The quantitative estimate of drug-likeness (QED) is 0.744. The number of rotatable bonds is 2. The molecule has 0 aliphatic heterocycles. The van der Waals surface area contributed by atoms with Crippen molar-refractivity contribution in [1.29, 1.82) is 0 Å². The summed E-state index contributed by atoms with van der Waals surface area (Å²) in [7, 11) is 1.64. The molecule has 0 atom stereocenters. The smallest absolute Gasteiger partial charge is 0.157 e. The van der Waals surface area contributed by atoms with Gasteiger partial charge in [0.15, 0.2) is 5.65 Å². The second-order valence-electron chi connectivity index (χ2n) is 3.92. The van der Waals surface area contributed by atoms with Crippen molar-refractivity contribution in [1.82, 2.24) is 14.6 Å². The molecule has 1 aromatic carbocycles. The molecule has 2 N–H and O–H groups in total. The lowest BCUT2D eigenvalue weighted by Crippen LogP contribution is -1.94. The minimum atomic E-state index is 0.486. The van der Waals surface area contributed by atoms with Crippen molar-refractivity contribution in [3.8, 4) is 17.0 Å². The van der Waals surface area contributed by atoms with Gasteiger partial charge in [0.25, 0.3) is 0 Å². The first-order valence-electron chi connectivity index (χ1n) is 5.52. The maximum absolute atomic E-state index is 5.65. The van der Waals surface area contributed by atoms with Crippen LogP contribution in [0.2, 0.25) is 0 Å². The molecular weight excluding hydrogens is 228 g/mol. The summed E-state index contributed by atoms with van der Waals surface area (Å²) in [4.78, 5) is 4.21. The Morgan fingerprint density at radius 2 is 2.11 bits per heavy atom. The molecule has 0 bridgehead atoms. The number of fused-ring (bicyclic) bond motifs is 1. The van der Waals surface area contributed by atoms with Gasteiger partial charge in [-0.3, -0.25) is 0 Å². The van der Waals surface area contributed by atoms with Crippen LogP contribution in [0, 0.1) is 0 Å². The number of aromatic nitrogens is 3. The van der Waals surface area contributed by atoms with Crippen molar-refractivity contribution < 1.29 is 4.74 Å². The molecule has 2 heterocycles. The van der Waals surface area contributed by atoms with E-state index in [0.717, 1.165) is 22.7 Å². The number of benzene rings is 1. The summed E-state index contributed by atoms with van der Waals surface area (Å²) in [5.41, 5.74) is 8.20. The maximum Gasteiger partial charge on any atom is 0.157 e. The Balaban J connectivity index is 2.13. The molecule has 0 aliphatic rings. The van der Waals surface area contributed by atoms with E-state index in [0.29, 0.717) is 5.82 Å². The van der Waals surface area contributed by atoms with Gasteiger partial charge in [-0.2, -0.15) is 5.10 Å². The van der Waals surface area contributed by atoms with E-state index in [9.17, 15) is 0 Å². The van der Waals surface area contributed by atoms with E-state index in [4.69, 9.17) is 10.5 Å². The highest BCUT2D eigenvalue weighted by atomic mass is 16.5.